The zero-order valence-corrected chi connectivity index (χ0v) is 14.8. The summed E-state index contributed by atoms with van der Waals surface area (Å²) >= 11 is 8.53. The maximum atomic E-state index is 12.4. The number of anilines is 2. The Hall–Kier alpha value is -1.96. The molecule has 1 aromatic carbocycles. The van der Waals surface area contributed by atoms with Crippen LogP contribution in [-0.4, -0.2) is 22.3 Å². The zero-order valence-electron chi connectivity index (χ0n) is 12.4. The highest BCUT2D eigenvalue weighted by atomic mass is 35.5. The number of rotatable bonds is 4. The van der Waals surface area contributed by atoms with Crippen molar-refractivity contribution >= 4 is 50.5 Å². The first-order chi connectivity index (χ1) is 11.1. The van der Waals surface area contributed by atoms with Crippen molar-refractivity contribution in [2.45, 2.75) is 6.92 Å². The number of aromatic nitrogens is 2. The maximum absolute atomic E-state index is 12.4. The molecule has 0 spiro atoms. The summed E-state index contributed by atoms with van der Waals surface area (Å²) in [7, 11) is 1.77. The highest BCUT2D eigenvalue weighted by molar-refractivity contribution is 7.14. The summed E-state index contributed by atoms with van der Waals surface area (Å²) in [5.74, 6) is -0.211. The Morgan fingerprint density at radius 1 is 1.26 bits per heavy atom. The van der Waals surface area contributed by atoms with Crippen molar-refractivity contribution in [1.29, 1.82) is 0 Å². The number of nitrogens with one attached hydrogen (secondary N) is 2. The minimum absolute atomic E-state index is 0.211. The second-order valence-electron chi connectivity index (χ2n) is 4.72. The number of carbonyl (C=O) groups excluding carboxylic acids is 1. The van der Waals surface area contributed by atoms with Gasteiger partial charge in [-0.2, -0.15) is 4.37 Å². The van der Waals surface area contributed by atoms with E-state index in [9.17, 15) is 4.79 Å². The van der Waals surface area contributed by atoms with E-state index in [0.29, 0.717) is 21.4 Å². The predicted octanol–water partition coefficient (Wildman–Crippen LogP) is 4.52. The van der Waals surface area contributed by atoms with E-state index in [1.54, 1.807) is 7.05 Å². The molecule has 0 aliphatic heterocycles. The smallest absolute Gasteiger partial charge is 0.262 e. The molecule has 118 valence electrons. The molecule has 0 fully saturated rings. The first kappa shape index (κ1) is 15.9. The molecule has 3 aromatic rings. The second-order valence-corrected chi connectivity index (χ2v) is 6.79. The molecule has 8 heteroatoms. The lowest BCUT2D eigenvalue weighted by Gasteiger charge is -2.03. The predicted molar refractivity (Wildman–Crippen MR) is 96.9 cm³/mol. The third-order valence-corrected chi connectivity index (χ3v) is 5.15. The van der Waals surface area contributed by atoms with E-state index in [4.69, 9.17) is 11.6 Å². The maximum Gasteiger partial charge on any atom is 0.262 e. The highest BCUT2D eigenvalue weighted by Gasteiger charge is 2.19. The summed E-state index contributed by atoms with van der Waals surface area (Å²) in [5.41, 5.74) is 3.01. The van der Waals surface area contributed by atoms with Gasteiger partial charge in [0.1, 0.15) is 5.00 Å². The average Bonchev–Trinajstić information content (AvgIpc) is 3.14. The molecule has 2 heterocycles. The normalized spacial score (nSPS) is 10.6. The lowest BCUT2D eigenvalue weighted by Crippen LogP contribution is -2.13. The van der Waals surface area contributed by atoms with Gasteiger partial charge in [0.05, 0.1) is 17.0 Å². The summed E-state index contributed by atoms with van der Waals surface area (Å²) in [4.78, 5) is 16.9. The minimum atomic E-state index is -0.211. The van der Waals surface area contributed by atoms with Gasteiger partial charge in [-0.15, -0.1) is 11.3 Å². The summed E-state index contributed by atoms with van der Waals surface area (Å²) in [5, 5.41) is 9.69. The van der Waals surface area contributed by atoms with Crippen molar-refractivity contribution in [2.75, 3.05) is 17.7 Å². The Labute approximate surface area is 146 Å². The minimum Gasteiger partial charge on any atom is -0.378 e. The molecular weight excluding hydrogens is 352 g/mol. The van der Waals surface area contributed by atoms with Crippen LogP contribution in [0.1, 0.15) is 16.1 Å². The molecule has 2 aromatic heterocycles. The van der Waals surface area contributed by atoms with Gasteiger partial charge in [-0.05, 0) is 30.6 Å². The average molecular weight is 365 g/mol. The molecule has 0 saturated heterocycles. The van der Waals surface area contributed by atoms with E-state index in [1.165, 1.54) is 22.9 Å². The van der Waals surface area contributed by atoms with Crippen LogP contribution < -0.4 is 10.6 Å². The van der Waals surface area contributed by atoms with Gasteiger partial charge in [0, 0.05) is 23.0 Å². The number of hydrogen-bond donors (Lipinski definition) is 2. The van der Waals surface area contributed by atoms with E-state index in [1.807, 2.05) is 36.6 Å². The molecule has 23 heavy (non-hydrogen) atoms. The van der Waals surface area contributed by atoms with Crippen LogP contribution >= 0.6 is 34.5 Å². The van der Waals surface area contributed by atoms with Crippen LogP contribution in [0.15, 0.2) is 29.6 Å². The molecule has 5 nitrogen and oxygen atoms in total. The van der Waals surface area contributed by atoms with E-state index >= 15 is 0 Å². The van der Waals surface area contributed by atoms with Gasteiger partial charge in [0.25, 0.3) is 5.91 Å². The lowest BCUT2D eigenvalue weighted by atomic mass is 10.2. The van der Waals surface area contributed by atoms with Crippen LogP contribution in [0.3, 0.4) is 0 Å². The van der Waals surface area contributed by atoms with E-state index in [0.717, 1.165) is 16.3 Å². The molecule has 0 saturated carbocycles. The van der Waals surface area contributed by atoms with Gasteiger partial charge in [-0.1, -0.05) is 23.7 Å². The first-order valence-corrected chi connectivity index (χ1v) is 8.78. The summed E-state index contributed by atoms with van der Waals surface area (Å²) < 4.78 is 4.20. The standard InChI is InChI=1S/C15H13ClN4OS2/c1-8-12(14(17-2)23-20-8)13(21)19-15-18-11(7-22-15)9-3-5-10(16)6-4-9/h3-7,17H,1-2H3,(H,18,19,21). The molecule has 3 rings (SSSR count). The van der Waals surface area contributed by atoms with Crippen molar-refractivity contribution in [3.8, 4) is 11.3 Å². The van der Waals surface area contributed by atoms with Crippen molar-refractivity contribution < 1.29 is 4.79 Å². The van der Waals surface area contributed by atoms with Crippen molar-refractivity contribution in [2.24, 2.45) is 0 Å². The lowest BCUT2D eigenvalue weighted by molar-refractivity contribution is 0.102. The van der Waals surface area contributed by atoms with Crippen LogP contribution in [0, 0.1) is 6.92 Å². The molecule has 1 amide bonds. The Kier molecular flexibility index (Phi) is 4.61. The van der Waals surface area contributed by atoms with Crippen molar-refractivity contribution in [3.63, 3.8) is 0 Å². The van der Waals surface area contributed by atoms with Crippen LogP contribution in [0.4, 0.5) is 10.1 Å². The summed E-state index contributed by atoms with van der Waals surface area (Å²) in [6, 6.07) is 7.42. The quantitative estimate of drug-likeness (QED) is 0.714. The van der Waals surface area contributed by atoms with Crippen LogP contribution in [0.2, 0.25) is 5.02 Å². The molecule has 0 unspecified atom stereocenters. The highest BCUT2D eigenvalue weighted by Crippen LogP contribution is 2.28. The van der Waals surface area contributed by atoms with Gasteiger partial charge in [0.2, 0.25) is 0 Å². The molecular formula is C15H13ClN4OS2. The van der Waals surface area contributed by atoms with Crippen molar-refractivity contribution in [1.82, 2.24) is 9.36 Å². The number of benzene rings is 1. The Bertz CT molecular complexity index is 842. The van der Waals surface area contributed by atoms with Gasteiger partial charge in [-0.25, -0.2) is 4.98 Å². The van der Waals surface area contributed by atoms with Crippen molar-refractivity contribution in [3.05, 3.63) is 45.9 Å². The molecule has 0 aliphatic rings. The third-order valence-electron chi connectivity index (χ3n) is 3.18. The Morgan fingerprint density at radius 2 is 2.00 bits per heavy atom. The topological polar surface area (TPSA) is 66.9 Å². The van der Waals surface area contributed by atoms with Gasteiger partial charge in [0.15, 0.2) is 5.13 Å². The summed E-state index contributed by atoms with van der Waals surface area (Å²) in [6.07, 6.45) is 0. The fourth-order valence-electron chi connectivity index (χ4n) is 2.05. The fraction of sp³-hybridized carbons (Fsp3) is 0.133. The third kappa shape index (κ3) is 3.36. The van der Waals surface area contributed by atoms with Crippen LogP contribution in [-0.2, 0) is 0 Å². The SMILES string of the molecule is CNc1snc(C)c1C(=O)Nc1nc(-c2ccc(Cl)cc2)cs1. The van der Waals surface area contributed by atoms with Gasteiger partial charge >= 0.3 is 0 Å². The molecule has 0 bridgehead atoms. The number of halogens is 1. The number of hydrogen-bond acceptors (Lipinski definition) is 6. The Balaban J connectivity index is 1.80. The molecule has 0 radical (unpaired) electrons. The first-order valence-electron chi connectivity index (χ1n) is 6.75. The van der Waals surface area contributed by atoms with E-state index in [2.05, 4.69) is 20.0 Å². The van der Waals surface area contributed by atoms with Gasteiger partial charge < -0.3 is 5.32 Å². The van der Waals surface area contributed by atoms with Gasteiger partial charge in [-0.3, -0.25) is 10.1 Å². The molecule has 2 N–H and O–H groups in total. The largest absolute Gasteiger partial charge is 0.378 e. The van der Waals surface area contributed by atoms with Crippen LogP contribution in [0.25, 0.3) is 11.3 Å². The number of thiazole rings is 1. The molecule has 0 atom stereocenters. The number of nitrogens with zero attached hydrogens (tertiary/aromatic N) is 2. The van der Waals surface area contributed by atoms with E-state index in [-0.39, 0.29) is 5.91 Å². The van der Waals surface area contributed by atoms with Crippen LogP contribution in [0.5, 0.6) is 0 Å². The molecule has 0 aliphatic carbocycles. The monoisotopic (exact) mass is 364 g/mol. The number of amides is 1. The fourth-order valence-corrected chi connectivity index (χ4v) is 3.63. The van der Waals surface area contributed by atoms with E-state index < -0.39 is 0 Å². The summed E-state index contributed by atoms with van der Waals surface area (Å²) in [6.45, 7) is 1.81. The number of carbonyl (C=O) groups is 1. The number of aryl methyl sites for hydroxylation is 1. The Morgan fingerprint density at radius 3 is 2.70 bits per heavy atom. The zero-order chi connectivity index (χ0) is 16.4. The second kappa shape index (κ2) is 6.66.